The molecule has 8 heteroatoms. The van der Waals surface area contributed by atoms with Crippen LogP contribution in [0.5, 0.6) is 0 Å². The number of nitrogens with one attached hydrogen (secondary N) is 1. The highest BCUT2D eigenvalue weighted by atomic mass is 79.9. The van der Waals surface area contributed by atoms with E-state index in [0.29, 0.717) is 8.95 Å². The summed E-state index contributed by atoms with van der Waals surface area (Å²) in [5.41, 5.74) is 0. The summed E-state index contributed by atoms with van der Waals surface area (Å²) in [5, 5.41) is 8.86. The quantitative estimate of drug-likeness (QED) is 0.794. The molecule has 1 atom stereocenters. The Hall–Kier alpha value is -0.440. The minimum atomic E-state index is -3.88. The molecule has 2 N–H and O–H groups in total. The Morgan fingerprint density at radius 1 is 1.44 bits per heavy atom. The van der Waals surface area contributed by atoms with Crippen LogP contribution in [0.1, 0.15) is 13.3 Å². The molecule has 1 rings (SSSR count). The van der Waals surface area contributed by atoms with Crippen molar-refractivity contribution < 1.29 is 18.3 Å². The fourth-order valence-electron chi connectivity index (χ4n) is 1.24. The number of halogens is 2. The molecule has 0 bridgehead atoms. The van der Waals surface area contributed by atoms with E-state index in [-0.39, 0.29) is 11.3 Å². The maximum atomic E-state index is 12.1. The van der Waals surface area contributed by atoms with E-state index in [1.54, 1.807) is 19.1 Å². The molecule has 0 amide bonds. The summed E-state index contributed by atoms with van der Waals surface area (Å²) < 4.78 is 27.2. The number of rotatable bonds is 5. The summed E-state index contributed by atoms with van der Waals surface area (Å²) in [6, 6.07) is 3.51. The van der Waals surface area contributed by atoms with Gasteiger partial charge in [0.2, 0.25) is 10.0 Å². The van der Waals surface area contributed by atoms with E-state index in [2.05, 4.69) is 36.6 Å². The van der Waals surface area contributed by atoms with Gasteiger partial charge in [-0.1, -0.05) is 22.9 Å². The molecule has 0 heterocycles. The molecule has 1 aromatic rings. The fraction of sp³-hybridized carbons (Fsp3) is 0.300. The lowest BCUT2D eigenvalue weighted by atomic mass is 10.2. The van der Waals surface area contributed by atoms with Crippen LogP contribution < -0.4 is 4.72 Å². The molecule has 0 radical (unpaired) electrons. The molecule has 100 valence electrons. The van der Waals surface area contributed by atoms with Gasteiger partial charge in [-0.25, -0.2) is 8.42 Å². The molecule has 0 spiro atoms. The lowest BCUT2D eigenvalue weighted by Crippen LogP contribution is -2.40. The highest BCUT2D eigenvalue weighted by molar-refractivity contribution is 9.11. The van der Waals surface area contributed by atoms with E-state index in [1.165, 1.54) is 6.07 Å². The van der Waals surface area contributed by atoms with Gasteiger partial charge in [-0.15, -0.1) is 0 Å². The maximum absolute atomic E-state index is 12.1. The third-order valence-electron chi connectivity index (χ3n) is 2.19. The molecule has 1 aromatic carbocycles. The Labute approximate surface area is 122 Å². The lowest BCUT2D eigenvalue weighted by Gasteiger charge is -2.13. The SMILES string of the molecule is CCC(NS(=O)(=O)c1cc(Br)ccc1Br)C(=O)O. The first kappa shape index (κ1) is 15.6. The lowest BCUT2D eigenvalue weighted by molar-refractivity contribution is -0.139. The summed E-state index contributed by atoms with van der Waals surface area (Å²) in [5.74, 6) is -1.20. The Bertz CT molecular complexity index is 559. The number of hydrogen-bond acceptors (Lipinski definition) is 3. The van der Waals surface area contributed by atoms with Crippen molar-refractivity contribution in [2.45, 2.75) is 24.3 Å². The number of aliphatic carboxylic acids is 1. The minimum absolute atomic E-state index is 0.00317. The number of benzene rings is 1. The van der Waals surface area contributed by atoms with Crippen molar-refractivity contribution in [3.8, 4) is 0 Å². The van der Waals surface area contributed by atoms with Crippen LogP contribution in [-0.2, 0) is 14.8 Å². The van der Waals surface area contributed by atoms with E-state index in [0.717, 1.165) is 0 Å². The largest absolute Gasteiger partial charge is 0.480 e. The minimum Gasteiger partial charge on any atom is -0.480 e. The van der Waals surface area contributed by atoms with E-state index in [4.69, 9.17) is 5.11 Å². The molecule has 1 unspecified atom stereocenters. The molecule has 0 aromatic heterocycles. The molecule has 0 fully saturated rings. The number of sulfonamides is 1. The number of carbonyl (C=O) groups is 1. The zero-order valence-electron chi connectivity index (χ0n) is 9.35. The third kappa shape index (κ3) is 3.78. The Kier molecular flexibility index (Phi) is 5.32. The molecule has 0 saturated heterocycles. The highest BCUT2D eigenvalue weighted by Gasteiger charge is 2.25. The van der Waals surface area contributed by atoms with Gasteiger partial charge in [0.25, 0.3) is 0 Å². The van der Waals surface area contributed by atoms with Crippen LogP contribution in [0.2, 0.25) is 0 Å². The van der Waals surface area contributed by atoms with Crippen molar-refractivity contribution in [3.05, 3.63) is 27.1 Å². The van der Waals surface area contributed by atoms with Gasteiger partial charge in [-0.05, 0) is 40.5 Å². The van der Waals surface area contributed by atoms with Crippen molar-refractivity contribution in [2.75, 3.05) is 0 Å². The maximum Gasteiger partial charge on any atom is 0.321 e. The molecule has 0 aliphatic rings. The Morgan fingerprint density at radius 3 is 2.56 bits per heavy atom. The zero-order valence-corrected chi connectivity index (χ0v) is 13.3. The number of carboxylic acid groups (broad SMARTS) is 1. The van der Waals surface area contributed by atoms with Gasteiger partial charge in [0.1, 0.15) is 6.04 Å². The molecular formula is C10H11Br2NO4S. The van der Waals surface area contributed by atoms with Crippen LogP contribution in [0.25, 0.3) is 0 Å². The van der Waals surface area contributed by atoms with Crippen molar-refractivity contribution in [1.82, 2.24) is 4.72 Å². The smallest absolute Gasteiger partial charge is 0.321 e. The monoisotopic (exact) mass is 399 g/mol. The predicted octanol–water partition coefficient (Wildman–Crippen LogP) is 2.35. The van der Waals surface area contributed by atoms with Gasteiger partial charge in [-0.2, -0.15) is 4.72 Å². The highest BCUT2D eigenvalue weighted by Crippen LogP contribution is 2.25. The van der Waals surface area contributed by atoms with Crippen LogP contribution in [-0.4, -0.2) is 25.5 Å². The summed E-state index contributed by atoms with van der Waals surface area (Å²) in [7, 11) is -3.88. The van der Waals surface area contributed by atoms with Crippen LogP contribution in [0, 0.1) is 0 Å². The van der Waals surface area contributed by atoms with E-state index >= 15 is 0 Å². The first-order chi connectivity index (χ1) is 8.27. The average molecular weight is 401 g/mol. The fourth-order valence-corrected chi connectivity index (χ4v) is 4.02. The molecule has 18 heavy (non-hydrogen) atoms. The van der Waals surface area contributed by atoms with Gasteiger partial charge >= 0.3 is 5.97 Å². The van der Waals surface area contributed by atoms with Crippen molar-refractivity contribution in [3.63, 3.8) is 0 Å². The second kappa shape index (κ2) is 6.14. The van der Waals surface area contributed by atoms with Gasteiger partial charge in [0.15, 0.2) is 0 Å². The van der Waals surface area contributed by atoms with Gasteiger partial charge in [0, 0.05) is 8.95 Å². The molecular weight excluding hydrogens is 390 g/mol. The summed E-state index contributed by atoms with van der Waals surface area (Å²) in [4.78, 5) is 10.8. The normalized spacial score (nSPS) is 13.3. The van der Waals surface area contributed by atoms with E-state index < -0.39 is 22.0 Å². The van der Waals surface area contributed by atoms with Crippen LogP contribution in [0.15, 0.2) is 32.0 Å². The second-order valence-corrected chi connectivity index (χ2v) is 6.95. The van der Waals surface area contributed by atoms with Crippen LogP contribution in [0.4, 0.5) is 0 Å². The van der Waals surface area contributed by atoms with Crippen molar-refractivity contribution in [1.29, 1.82) is 0 Å². The van der Waals surface area contributed by atoms with Crippen molar-refractivity contribution >= 4 is 47.9 Å². The van der Waals surface area contributed by atoms with E-state index in [1.807, 2.05) is 0 Å². The summed E-state index contributed by atoms with van der Waals surface area (Å²) >= 11 is 6.30. The standard InChI is InChI=1S/C10H11Br2NO4S/c1-2-8(10(14)15)13-18(16,17)9-5-6(11)3-4-7(9)12/h3-5,8,13H,2H2,1H3,(H,14,15). The first-order valence-electron chi connectivity index (χ1n) is 4.98. The zero-order chi connectivity index (χ0) is 13.9. The molecule has 0 saturated carbocycles. The van der Waals surface area contributed by atoms with Crippen molar-refractivity contribution in [2.24, 2.45) is 0 Å². The average Bonchev–Trinajstić information content (AvgIpc) is 2.28. The molecule has 5 nitrogen and oxygen atoms in total. The summed E-state index contributed by atoms with van der Waals surface area (Å²) in [6.07, 6.45) is 0.167. The topological polar surface area (TPSA) is 83.5 Å². The van der Waals surface area contributed by atoms with Gasteiger partial charge in [0.05, 0.1) is 4.90 Å². The Morgan fingerprint density at radius 2 is 2.06 bits per heavy atom. The van der Waals surface area contributed by atoms with Crippen LogP contribution >= 0.6 is 31.9 Å². The van der Waals surface area contributed by atoms with E-state index in [9.17, 15) is 13.2 Å². The van der Waals surface area contributed by atoms with Gasteiger partial charge < -0.3 is 5.11 Å². The van der Waals surface area contributed by atoms with Gasteiger partial charge in [-0.3, -0.25) is 4.79 Å². The Balaban J connectivity index is 3.14. The van der Waals surface area contributed by atoms with Crippen LogP contribution in [0.3, 0.4) is 0 Å². The second-order valence-electron chi connectivity index (χ2n) is 3.50. The number of hydrogen-bond donors (Lipinski definition) is 2. The molecule has 0 aliphatic carbocycles. The predicted molar refractivity (Wildman–Crippen MR) is 73.9 cm³/mol. The summed E-state index contributed by atoms with van der Waals surface area (Å²) in [6.45, 7) is 1.59. The third-order valence-corrected chi connectivity index (χ3v) is 5.15. The first-order valence-corrected chi connectivity index (χ1v) is 8.05. The molecule has 0 aliphatic heterocycles. The number of carboxylic acids is 1.